The van der Waals surface area contributed by atoms with Gasteiger partial charge in [0.2, 0.25) is 0 Å². The second-order valence-electron chi connectivity index (χ2n) is 2.64. The Morgan fingerprint density at radius 2 is 1.65 bits per heavy atom. The molecule has 1 aromatic rings. The van der Waals surface area contributed by atoms with Crippen LogP contribution < -0.4 is 8.92 Å². The van der Waals surface area contributed by atoms with Gasteiger partial charge in [-0.15, -0.1) is 0 Å². The number of carbonyl (C=O) groups excluding carboxylic acids is 1. The van der Waals surface area contributed by atoms with Crippen LogP contribution in [0, 0.1) is 0 Å². The number of para-hydroxylation sites is 2. The van der Waals surface area contributed by atoms with Gasteiger partial charge < -0.3 is 8.92 Å². The molecule has 17 heavy (non-hydrogen) atoms. The minimum absolute atomic E-state index is 0.0671. The first kappa shape index (κ1) is 13.3. The fourth-order valence-corrected chi connectivity index (χ4v) is 1.30. The van der Waals surface area contributed by atoms with Gasteiger partial charge in [-0.25, -0.2) is 0 Å². The molecule has 0 unspecified atom stereocenters. The molecule has 0 saturated carbocycles. The number of rotatable bonds is 4. The van der Waals surface area contributed by atoms with Crippen LogP contribution in [0.2, 0.25) is 0 Å². The number of ether oxygens (including phenoxy) is 1. The molecule has 0 amide bonds. The maximum Gasteiger partial charge on any atom is 0.534 e. The zero-order valence-corrected chi connectivity index (χ0v) is 8.79. The first-order valence-electron chi connectivity index (χ1n) is 3.98. The summed E-state index contributed by atoms with van der Waals surface area (Å²) in [5.41, 5.74) is -5.55. The van der Waals surface area contributed by atoms with Gasteiger partial charge in [-0.2, -0.15) is 21.6 Å². The third-order valence-corrected chi connectivity index (χ3v) is 2.47. The summed E-state index contributed by atoms with van der Waals surface area (Å²) >= 11 is 0. The lowest BCUT2D eigenvalue weighted by molar-refractivity contribution is -0.120. The lowest BCUT2D eigenvalue weighted by atomic mass is 10.3. The molecule has 0 spiro atoms. The SMILES string of the molecule is O=COc1ccccc1OS(=O)(=O)C(F)(F)F. The molecule has 0 N–H and O–H groups in total. The Labute approximate surface area is 93.9 Å². The number of halogens is 3. The summed E-state index contributed by atoms with van der Waals surface area (Å²) in [7, 11) is -5.79. The van der Waals surface area contributed by atoms with Crippen LogP contribution in [-0.2, 0) is 14.9 Å². The van der Waals surface area contributed by atoms with Crippen molar-refractivity contribution in [1.29, 1.82) is 0 Å². The van der Waals surface area contributed by atoms with Gasteiger partial charge in [0.05, 0.1) is 0 Å². The maximum absolute atomic E-state index is 12.0. The van der Waals surface area contributed by atoms with Gasteiger partial charge in [0.25, 0.3) is 6.47 Å². The van der Waals surface area contributed by atoms with Crippen LogP contribution >= 0.6 is 0 Å². The van der Waals surface area contributed by atoms with Gasteiger partial charge in [-0.3, -0.25) is 4.79 Å². The van der Waals surface area contributed by atoms with Crippen LogP contribution in [0.3, 0.4) is 0 Å². The van der Waals surface area contributed by atoms with Crippen molar-refractivity contribution in [3.63, 3.8) is 0 Å². The highest BCUT2D eigenvalue weighted by molar-refractivity contribution is 7.88. The van der Waals surface area contributed by atoms with E-state index in [1.807, 2.05) is 0 Å². The van der Waals surface area contributed by atoms with E-state index in [0.717, 1.165) is 12.1 Å². The highest BCUT2D eigenvalue weighted by Gasteiger charge is 2.48. The molecular formula is C8H5F3O5S. The smallest absolute Gasteiger partial charge is 0.425 e. The molecule has 0 radical (unpaired) electrons. The minimum atomic E-state index is -5.79. The van der Waals surface area contributed by atoms with E-state index in [-0.39, 0.29) is 6.47 Å². The lowest BCUT2D eigenvalue weighted by Crippen LogP contribution is -2.28. The third kappa shape index (κ3) is 3.09. The fourth-order valence-electron chi connectivity index (χ4n) is 0.834. The van der Waals surface area contributed by atoms with Crippen molar-refractivity contribution in [2.75, 3.05) is 0 Å². The standard InChI is InChI=1S/C8H5F3O5S/c9-8(10,11)17(13,14)16-7-4-2-1-3-6(7)15-5-12/h1-5H. The van der Waals surface area contributed by atoms with Crippen molar-refractivity contribution >= 4 is 16.6 Å². The summed E-state index contributed by atoms with van der Waals surface area (Å²) in [6, 6.07) is 4.54. The molecule has 0 aliphatic heterocycles. The Morgan fingerprint density at radius 1 is 1.12 bits per heavy atom. The Bertz CT molecular complexity index is 508. The van der Waals surface area contributed by atoms with Crippen molar-refractivity contribution in [3.8, 4) is 11.5 Å². The van der Waals surface area contributed by atoms with E-state index < -0.39 is 27.1 Å². The van der Waals surface area contributed by atoms with E-state index >= 15 is 0 Å². The van der Waals surface area contributed by atoms with Crippen molar-refractivity contribution in [3.05, 3.63) is 24.3 Å². The van der Waals surface area contributed by atoms with E-state index in [2.05, 4.69) is 8.92 Å². The molecule has 0 saturated heterocycles. The van der Waals surface area contributed by atoms with Gasteiger partial charge in [0.15, 0.2) is 11.5 Å². The summed E-state index contributed by atoms with van der Waals surface area (Å²) in [6.07, 6.45) is 0. The zero-order valence-electron chi connectivity index (χ0n) is 7.97. The molecule has 0 aliphatic rings. The molecule has 1 aromatic carbocycles. The van der Waals surface area contributed by atoms with Crippen molar-refractivity contribution < 1.29 is 35.3 Å². The van der Waals surface area contributed by atoms with E-state index in [9.17, 15) is 26.4 Å². The molecule has 0 fully saturated rings. The van der Waals surface area contributed by atoms with Crippen LogP contribution in [0.15, 0.2) is 24.3 Å². The summed E-state index contributed by atoms with van der Waals surface area (Å²) in [5, 5.41) is 0. The van der Waals surface area contributed by atoms with Crippen molar-refractivity contribution in [2.45, 2.75) is 5.51 Å². The monoisotopic (exact) mass is 270 g/mol. The predicted molar refractivity (Wildman–Crippen MR) is 48.7 cm³/mol. The van der Waals surface area contributed by atoms with Crippen LogP contribution in [0.1, 0.15) is 0 Å². The van der Waals surface area contributed by atoms with E-state index in [0.29, 0.717) is 0 Å². The molecule has 0 aliphatic carbocycles. The Hall–Kier alpha value is -1.77. The number of hydrogen-bond donors (Lipinski definition) is 0. The summed E-state index contributed by atoms with van der Waals surface area (Å²) < 4.78 is 65.5. The second-order valence-corrected chi connectivity index (χ2v) is 4.18. The molecule has 94 valence electrons. The molecule has 0 heterocycles. The normalized spacial score (nSPS) is 11.9. The Balaban J connectivity index is 3.08. The maximum atomic E-state index is 12.0. The first-order chi connectivity index (χ1) is 7.78. The molecule has 5 nitrogen and oxygen atoms in total. The topological polar surface area (TPSA) is 69.7 Å². The van der Waals surface area contributed by atoms with Crippen LogP contribution in [0.4, 0.5) is 13.2 Å². The average molecular weight is 270 g/mol. The predicted octanol–water partition coefficient (Wildman–Crippen LogP) is 1.45. The minimum Gasteiger partial charge on any atom is -0.425 e. The highest BCUT2D eigenvalue weighted by Crippen LogP contribution is 2.32. The van der Waals surface area contributed by atoms with Crippen LogP contribution in [0.25, 0.3) is 0 Å². The Morgan fingerprint density at radius 3 is 2.12 bits per heavy atom. The lowest BCUT2D eigenvalue weighted by Gasteiger charge is -2.11. The van der Waals surface area contributed by atoms with E-state index in [4.69, 9.17) is 0 Å². The number of benzene rings is 1. The quantitative estimate of drug-likeness (QED) is 0.470. The van der Waals surface area contributed by atoms with Gasteiger partial charge in [-0.1, -0.05) is 12.1 Å². The van der Waals surface area contributed by atoms with Crippen molar-refractivity contribution in [1.82, 2.24) is 0 Å². The van der Waals surface area contributed by atoms with Gasteiger partial charge in [0, 0.05) is 0 Å². The van der Waals surface area contributed by atoms with Gasteiger partial charge >= 0.3 is 15.6 Å². The molecule has 9 heteroatoms. The van der Waals surface area contributed by atoms with E-state index in [1.54, 1.807) is 0 Å². The Kier molecular flexibility index (Phi) is 3.61. The summed E-state index contributed by atoms with van der Waals surface area (Å²) in [4.78, 5) is 10.0. The third-order valence-electron chi connectivity index (χ3n) is 1.51. The number of carbonyl (C=O) groups is 1. The second kappa shape index (κ2) is 4.62. The van der Waals surface area contributed by atoms with E-state index in [1.165, 1.54) is 12.1 Å². The van der Waals surface area contributed by atoms with Crippen molar-refractivity contribution in [2.24, 2.45) is 0 Å². The van der Waals surface area contributed by atoms with Crippen LogP contribution in [-0.4, -0.2) is 20.4 Å². The van der Waals surface area contributed by atoms with Gasteiger partial charge in [0.1, 0.15) is 0 Å². The number of hydrogen-bond acceptors (Lipinski definition) is 5. The molecule has 0 bridgehead atoms. The largest absolute Gasteiger partial charge is 0.534 e. The van der Waals surface area contributed by atoms with Crippen LogP contribution in [0.5, 0.6) is 11.5 Å². The van der Waals surface area contributed by atoms with Gasteiger partial charge in [-0.05, 0) is 12.1 Å². The summed E-state index contributed by atoms with van der Waals surface area (Å²) in [5.74, 6) is -1.16. The summed E-state index contributed by atoms with van der Waals surface area (Å²) in [6.45, 7) is -0.0671. The first-order valence-corrected chi connectivity index (χ1v) is 5.39. The fraction of sp³-hybridized carbons (Fsp3) is 0.125. The zero-order chi connectivity index (χ0) is 13.1. The average Bonchev–Trinajstić information content (AvgIpc) is 2.19. The molecular weight excluding hydrogens is 265 g/mol. The molecule has 1 rings (SSSR count). The molecule has 0 aromatic heterocycles. The molecule has 0 atom stereocenters. The highest BCUT2D eigenvalue weighted by atomic mass is 32.2. The number of alkyl halides is 3.